The molecule has 18 heavy (non-hydrogen) atoms. The van der Waals surface area contributed by atoms with Gasteiger partial charge < -0.3 is 4.74 Å². The van der Waals surface area contributed by atoms with E-state index in [4.69, 9.17) is 4.74 Å². The lowest BCUT2D eigenvalue weighted by Crippen LogP contribution is -2.22. The van der Waals surface area contributed by atoms with Crippen molar-refractivity contribution >= 4 is 28.0 Å². The van der Waals surface area contributed by atoms with Crippen LogP contribution in [0.15, 0.2) is 24.3 Å². The van der Waals surface area contributed by atoms with Gasteiger partial charge in [-0.1, -0.05) is 22.0 Å². The summed E-state index contributed by atoms with van der Waals surface area (Å²) in [6, 6.07) is 4.46. The molecule has 1 aromatic rings. The first-order valence-corrected chi connectivity index (χ1v) is 6.69. The maximum absolute atomic E-state index is 13.1. The third kappa shape index (κ3) is 5.00. The molecule has 0 spiro atoms. The summed E-state index contributed by atoms with van der Waals surface area (Å²) in [5.74, 6) is -0.768. The molecule has 0 aromatic heterocycles. The van der Waals surface area contributed by atoms with Crippen molar-refractivity contribution in [3.63, 3.8) is 0 Å². The fourth-order valence-electron chi connectivity index (χ4n) is 1.34. The van der Waals surface area contributed by atoms with E-state index in [1.54, 1.807) is 32.9 Å². The molecule has 0 fully saturated rings. The molecule has 0 aliphatic rings. The zero-order valence-corrected chi connectivity index (χ0v) is 12.3. The molecule has 0 unspecified atom stereocenters. The van der Waals surface area contributed by atoms with Crippen LogP contribution in [0.25, 0.3) is 6.08 Å². The van der Waals surface area contributed by atoms with Crippen LogP contribution in [0.3, 0.4) is 0 Å². The van der Waals surface area contributed by atoms with Crippen LogP contribution >= 0.6 is 15.9 Å². The van der Waals surface area contributed by atoms with E-state index in [2.05, 4.69) is 15.9 Å². The number of ether oxygens (including phenoxy) is 1. The zero-order valence-electron chi connectivity index (χ0n) is 10.7. The average molecular weight is 315 g/mol. The number of alkyl halides is 1. The van der Waals surface area contributed by atoms with Crippen LogP contribution in [-0.2, 0) is 14.9 Å². The van der Waals surface area contributed by atoms with E-state index in [0.717, 1.165) is 5.56 Å². The van der Waals surface area contributed by atoms with Crippen molar-refractivity contribution in [1.82, 2.24) is 0 Å². The lowest BCUT2D eigenvalue weighted by Gasteiger charge is -2.17. The first-order chi connectivity index (χ1) is 8.31. The first-order valence-electron chi connectivity index (χ1n) is 5.57. The Bertz CT molecular complexity index is 461. The quantitative estimate of drug-likeness (QED) is 0.477. The molecule has 0 N–H and O–H groups in total. The highest BCUT2D eigenvalue weighted by molar-refractivity contribution is 9.08. The molecule has 0 saturated carbocycles. The Balaban J connectivity index is 2.84. The second kappa shape index (κ2) is 6.14. The van der Waals surface area contributed by atoms with Gasteiger partial charge in [0.15, 0.2) is 0 Å². The maximum Gasteiger partial charge on any atom is 0.331 e. The van der Waals surface area contributed by atoms with Crippen LogP contribution in [0.4, 0.5) is 4.39 Å². The van der Waals surface area contributed by atoms with Gasteiger partial charge in [0.1, 0.15) is 11.4 Å². The monoisotopic (exact) mass is 314 g/mol. The molecule has 0 aliphatic heterocycles. The van der Waals surface area contributed by atoms with E-state index in [-0.39, 0.29) is 5.82 Å². The molecular weight excluding hydrogens is 299 g/mol. The number of carbonyl (C=O) groups is 1. The predicted octanol–water partition coefficient (Wildman–Crippen LogP) is 4.08. The highest BCUT2D eigenvalue weighted by Crippen LogP contribution is 2.16. The zero-order chi connectivity index (χ0) is 13.8. The van der Waals surface area contributed by atoms with Gasteiger partial charge in [0, 0.05) is 11.4 Å². The molecular formula is C14H16BrFO2. The van der Waals surface area contributed by atoms with Gasteiger partial charge in [0.2, 0.25) is 0 Å². The predicted molar refractivity (Wildman–Crippen MR) is 73.9 cm³/mol. The smallest absolute Gasteiger partial charge is 0.331 e. The summed E-state index contributed by atoms with van der Waals surface area (Å²) in [5, 5.41) is 0.598. The third-order valence-electron chi connectivity index (χ3n) is 2.06. The second-order valence-electron chi connectivity index (χ2n) is 4.84. The van der Waals surface area contributed by atoms with Crippen LogP contribution < -0.4 is 0 Å². The summed E-state index contributed by atoms with van der Waals surface area (Å²) in [5.41, 5.74) is 1.05. The van der Waals surface area contributed by atoms with E-state index in [0.29, 0.717) is 10.9 Å². The summed E-state index contributed by atoms with van der Waals surface area (Å²) >= 11 is 3.32. The lowest BCUT2D eigenvalue weighted by atomic mass is 10.1. The normalized spacial score (nSPS) is 11.8. The molecule has 0 atom stereocenters. The number of benzene rings is 1. The van der Waals surface area contributed by atoms with E-state index < -0.39 is 11.6 Å². The Hall–Kier alpha value is -1.16. The van der Waals surface area contributed by atoms with Gasteiger partial charge in [-0.15, -0.1) is 0 Å². The Morgan fingerprint density at radius 1 is 1.44 bits per heavy atom. The first kappa shape index (κ1) is 14.9. The summed E-state index contributed by atoms with van der Waals surface area (Å²) < 4.78 is 18.2. The van der Waals surface area contributed by atoms with Crippen molar-refractivity contribution in [2.75, 3.05) is 0 Å². The SMILES string of the molecule is CC(C)(C)OC(=O)C=Cc1cc(F)ccc1CBr. The number of hydrogen-bond donors (Lipinski definition) is 0. The van der Waals surface area contributed by atoms with Crippen molar-refractivity contribution < 1.29 is 13.9 Å². The molecule has 2 nitrogen and oxygen atoms in total. The number of rotatable bonds is 3. The number of halogens is 2. The lowest BCUT2D eigenvalue weighted by molar-refractivity contribution is -0.148. The Morgan fingerprint density at radius 2 is 2.11 bits per heavy atom. The summed E-state index contributed by atoms with van der Waals surface area (Å²) in [6.07, 6.45) is 2.87. The molecule has 4 heteroatoms. The van der Waals surface area contributed by atoms with Gasteiger partial charge in [-0.3, -0.25) is 0 Å². The Kier molecular flexibility index (Phi) is 5.08. The fourth-order valence-corrected chi connectivity index (χ4v) is 1.85. The standard InChI is InChI=1S/C14H16BrFO2/c1-14(2,3)18-13(17)7-5-10-8-12(16)6-4-11(10)9-15/h4-8H,9H2,1-3H3. The third-order valence-corrected chi connectivity index (χ3v) is 2.66. The summed E-state index contributed by atoms with van der Waals surface area (Å²) in [6.45, 7) is 5.39. The molecule has 0 saturated heterocycles. The minimum atomic E-state index is -0.526. The number of esters is 1. The van der Waals surface area contributed by atoms with Crippen LogP contribution in [0, 0.1) is 5.82 Å². The van der Waals surface area contributed by atoms with E-state index >= 15 is 0 Å². The van der Waals surface area contributed by atoms with Gasteiger partial charge in [0.25, 0.3) is 0 Å². The topological polar surface area (TPSA) is 26.3 Å². The summed E-state index contributed by atoms with van der Waals surface area (Å²) in [7, 11) is 0. The summed E-state index contributed by atoms with van der Waals surface area (Å²) in [4.78, 5) is 11.5. The number of carbonyl (C=O) groups excluding carboxylic acids is 1. The van der Waals surface area contributed by atoms with Gasteiger partial charge in [-0.2, -0.15) is 0 Å². The van der Waals surface area contributed by atoms with Gasteiger partial charge >= 0.3 is 5.97 Å². The van der Waals surface area contributed by atoms with Gasteiger partial charge in [0.05, 0.1) is 0 Å². The van der Waals surface area contributed by atoms with Crippen LogP contribution in [-0.4, -0.2) is 11.6 Å². The second-order valence-corrected chi connectivity index (χ2v) is 5.40. The Labute approximate surface area is 115 Å². The minimum Gasteiger partial charge on any atom is -0.457 e. The molecule has 0 amide bonds. The molecule has 0 bridgehead atoms. The van der Waals surface area contributed by atoms with Crippen LogP contribution in [0.2, 0.25) is 0 Å². The molecule has 0 heterocycles. The van der Waals surface area contributed by atoms with Gasteiger partial charge in [-0.05, 0) is 50.1 Å². The molecule has 0 radical (unpaired) electrons. The van der Waals surface area contributed by atoms with Crippen molar-refractivity contribution in [3.8, 4) is 0 Å². The molecule has 0 aliphatic carbocycles. The van der Waals surface area contributed by atoms with Crippen molar-refractivity contribution in [2.24, 2.45) is 0 Å². The van der Waals surface area contributed by atoms with Gasteiger partial charge in [-0.25, -0.2) is 9.18 Å². The minimum absolute atomic E-state index is 0.330. The average Bonchev–Trinajstić information content (AvgIpc) is 2.24. The van der Waals surface area contributed by atoms with Crippen molar-refractivity contribution in [1.29, 1.82) is 0 Å². The van der Waals surface area contributed by atoms with E-state index in [1.165, 1.54) is 18.2 Å². The number of hydrogen-bond acceptors (Lipinski definition) is 2. The highest BCUT2D eigenvalue weighted by Gasteiger charge is 2.14. The largest absolute Gasteiger partial charge is 0.457 e. The Morgan fingerprint density at radius 3 is 2.67 bits per heavy atom. The molecule has 98 valence electrons. The van der Waals surface area contributed by atoms with Crippen LogP contribution in [0.5, 0.6) is 0 Å². The van der Waals surface area contributed by atoms with E-state index in [1.807, 2.05) is 0 Å². The van der Waals surface area contributed by atoms with E-state index in [9.17, 15) is 9.18 Å². The molecule has 1 aromatic carbocycles. The van der Waals surface area contributed by atoms with Crippen LogP contribution in [0.1, 0.15) is 31.9 Å². The van der Waals surface area contributed by atoms with Crippen molar-refractivity contribution in [3.05, 3.63) is 41.2 Å². The highest BCUT2D eigenvalue weighted by atomic mass is 79.9. The molecule has 1 rings (SSSR count). The van der Waals surface area contributed by atoms with Crippen molar-refractivity contribution in [2.45, 2.75) is 31.7 Å². The fraction of sp³-hybridized carbons (Fsp3) is 0.357. The maximum atomic E-state index is 13.1.